The Balaban J connectivity index is 1.84. The Labute approximate surface area is 131 Å². The molecule has 1 N–H and O–H groups in total. The Hall–Kier alpha value is -1.26. The Bertz CT molecular complexity index is 589. The third-order valence-electron chi connectivity index (χ3n) is 2.72. The maximum absolute atomic E-state index is 13.3. The van der Waals surface area contributed by atoms with Gasteiger partial charge in [0.25, 0.3) is 0 Å². The molecule has 0 heterocycles. The van der Waals surface area contributed by atoms with Crippen LogP contribution < -0.4 is 10.1 Å². The summed E-state index contributed by atoms with van der Waals surface area (Å²) in [7, 11) is 0. The van der Waals surface area contributed by atoms with Crippen molar-refractivity contribution in [2.75, 3.05) is 18.5 Å². The SMILES string of the molecule is Cc1ccc(NCCOc2cc(F)c(Cl)cc2Br)cc1. The van der Waals surface area contributed by atoms with Crippen LogP contribution in [-0.4, -0.2) is 13.2 Å². The van der Waals surface area contributed by atoms with Crippen molar-refractivity contribution >= 4 is 33.2 Å². The van der Waals surface area contributed by atoms with Crippen LogP contribution in [0.3, 0.4) is 0 Å². The molecular formula is C15H14BrClFNO. The first-order chi connectivity index (χ1) is 9.56. The molecule has 2 nitrogen and oxygen atoms in total. The molecule has 0 saturated heterocycles. The van der Waals surface area contributed by atoms with E-state index >= 15 is 0 Å². The van der Waals surface area contributed by atoms with Crippen molar-refractivity contribution in [3.63, 3.8) is 0 Å². The summed E-state index contributed by atoms with van der Waals surface area (Å²) in [5, 5.41) is 3.30. The average molecular weight is 359 g/mol. The van der Waals surface area contributed by atoms with Gasteiger partial charge in [-0.1, -0.05) is 29.3 Å². The number of nitrogens with one attached hydrogen (secondary N) is 1. The van der Waals surface area contributed by atoms with Gasteiger partial charge in [0.05, 0.1) is 9.50 Å². The van der Waals surface area contributed by atoms with E-state index in [0.717, 1.165) is 5.69 Å². The summed E-state index contributed by atoms with van der Waals surface area (Å²) in [6.45, 7) is 3.09. The molecule has 20 heavy (non-hydrogen) atoms. The normalized spacial score (nSPS) is 10.4. The molecule has 0 atom stereocenters. The first-order valence-electron chi connectivity index (χ1n) is 6.14. The number of hydrogen-bond donors (Lipinski definition) is 1. The van der Waals surface area contributed by atoms with E-state index in [-0.39, 0.29) is 5.02 Å². The summed E-state index contributed by atoms with van der Waals surface area (Å²) in [4.78, 5) is 0. The van der Waals surface area contributed by atoms with E-state index in [4.69, 9.17) is 16.3 Å². The van der Waals surface area contributed by atoms with Gasteiger partial charge in [0, 0.05) is 18.3 Å². The third-order valence-corrected chi connectivity index (χ3v) is 3.62. The van der Waals surface area contributed by atoms with E-state index in [9.17, 15) is 4.39 Å². The van der Waals surface area contributed by atoms with Gasteiger partial charge in [0.1, 0.15) is 18.2 Å². The summed E-state index contributed by atoms with van der Waals surface area (Å²) in [5.41, 5.74) is 2.24. The minimum atomic E-state index is -0.489. The lowest BCUT2D eigenvalue weighted by Crippen LogP contribution is -2.11. The van der Waals surface area contributed by atoms with Crippen LogP contribution in [-0.2, 0) is 0 Å². The summed E-state index contributed by atoms with van der Waals surface area (Å²) >= 11 is 8.96. The van der Waals surface area contributed by atoms with E-state index < -0.39 is 5.82 Å². The molecular weight excluding hydrogens is 345 g/mol. The fraction of sp³-hybridized carbons (Fsp3) is 0.200. The van der Waals surface area contributed by atoms with Crippen LogP contribution in [0.1, 0.15) is 5.56 Å². The van der Waals surface area contributed by atoms with E-state index in [1.54, 1.807) is 0 Å². The summed E-state index contributed by atoms with van der Waals surface area (Å²) in [5.74, 6) is -0.0473. The number of halogens is 3. The van der Waals surface area contributed by atoms with Crippen molar-refractivity contribution in [2.24, 2.45) is 0 Å². The predicted octanol–water partition coefficient (Wildman–Crippen LogP) is 5.04. The molecule has 2 aromatic carbocycles. The maximum Gasteiger partial charge on any atom is 0.145 e. The smallest absolute Gasteiger partial charge is 0.145 e. The Morgan fingerprint density at radius 1 is 1.25 bits per heavy atom. The highest BCUT2D eigenvalue weighted by atomic mass is 79.9. The topological polar surface area (TPSA) is 21.3 Å². The zero-order valence-corrected chi connectivity index (χ0v) is 13.3. The quantitative estimate of drug-likeness (QED) is 0.597. The molecule has 0 aliphatic rings. The molecule has 2 aromatic rings. The number of rotatable bonds is 5. The highest BCUT2D eigenvalue weighted by molar-refractivity contribution is 9.10. The molecule has 0 saturated carbocycles. The molecule has 0 radical (unpaired) electrons. The van der Waals surface area contributed by atoms with Crippen molar-refractivity contribution in [2.45, 2.75) is 6.92 Å². The molecule has 0 aromatic heterocycles. The molecule has 0 unspecified atom stereocenters. The van der Waals surface area contributed by atoms with E-state index in [1.807, 2.05) is 31.2 Å². The van der Waals surface area contributed by atoms with Gasteiger partial charge in [0.2, 0.25) is 0 Å². The zero-order valence-electron chi connectivity index (χ0n) is 10.9. The fourth-order valence-electron chi connectivity index (χ4n) is 1.64. The van der Waals surface area contributed by atoms with Crippen LogP contribution in [0.4, 0.5) is 10.1 Å². The lowest BCUT2D eigenvalue weighted by Gasteiger charge is -2.10. The van der Waals surface area contributed by atoms with Crippen molar-refractivity contribution in [1.82, 2.24) is 0 Å². The molecule has 0 bridgehead atoms. The maximum atomic E-state index is 13.3. The van der Waals surface area contributed by atoms with Gasteiger partial charge in [-0.3, -0.25) is 0 Å². The summed E-state index contributed by atoms with van der Waals surface area (Å²) in [6.07, 6.45) is 0. The van der Waals surface area contributed by atoms with Gasteiger partial charge >= 0.3 is 0 Å². The second-order valence-electron chi connectivity index (χ2n) is 4.34. The van der Waals surface area contributed by atoms with Crippen molar-refractivity contribution in [1.29, 1.82) is 0 Å². The van der Waals surface area contributed by atoms with Gasteiger partial charge in [-0.25, -0.2) is 4.39 Å². The minimum Gasteiger partial charge on any atom is -0.490 e. The Kier molecular flexibility index (Phi) is 5.26. The van der Waals surface area contributed by atoms with Gasteiger partial charge in [-0.15, -0.1) is 0 Å². The van der Waals surface area contributed by atoms with Gasteiger partial charge in [-0.05, 0) is 41.1 Å². The average Bonchev–Trinajstić information content (AvgIpc) is 2.42. The molecule has 2 rings (SSSR count). The van der Waals surface area contributed by atoms with E-state index in [2.05, 4.69) is 21.2 Å². The van der Waals surface area contributed by atoms with Crippen molar-refractivity contribution in [3.05, 3.63) is 57.3 Å². The van der Waals surface area contributed by atoms with E-state index in [0.29, 0.717) is 23.4 Å². The molecule has 0 spiro atoms. The van der Waals surface area contributed by atoms with E-state index in [1.165, 1.54) is 17.7 Å². The fourth-order valence-corrected chi connectivity index (χ4v) is 2.40. The molecule has 0 aliphatic carbocycles. The highest BCUT2D eigenvalue weighted by Crippen LogP contribution is 2.30. The first kappa shape index (κ1) is 15.1. The second kappa shape index (κ2) is 6.95. The second-order valence-corrected chi connectivity index (χ2v) is 5.60. The predicted molar refractivity (Wildman–Crippen MR) is 84.3 cm³/mol. The molecule has 0 aliphatic heterocycles. The van der Waals surface area contributed by atoms with Crippen LogP contribution >= 0.6 is 27.5 Å². The zero-order chi connectivity index (χ0) is 14.5. The van der Waals surface area contributed by atoms with Crippen LogP contribution in [0.2, 0.25) is 5.02 Å². The monoisotopic (exact) mass is 357 g/mol. The van der Waals surface area contributed by atoms with Crippen LogP contribution in [0.25, 0.3) is 0 Å². The molecule has 5 heteroatoms. The van der Waals surface area contributed by atoms with Crippen molar-refractivity contribution < 1.29 is 9.13 Å². The Morgan fingerprint density at radius 3 is 2.65 bits per heavy atom. The number of hydrogen-bond acceptors (Lipinski definition) is 2. The largest absolute Gasteiger partial charge is 0.490 e. The highest BCUT2D eigenvalue weighted by Gasteiger charge is 2.07. The third kappa shape index (κ3) is 4.12. The number of ether oxygens (including phenoxy) is 1. The lowest BCUT2D eigenvalue weighted by atomic mass is 10.2. The summed E-state index contributed by atoms with van der Waals surface area (Å²) in [6, 6.07) is 10.8. The van der Waals surface area contributed by atoms with Crippen LogP contribution in [0.15, 0.2) is 40.9 Å². The molecule has 106 valence electrons. The standard InChI is InChI=1S/C15H14BrClFNO/c1-10-2-4-11(5-3-10)19-6-7-20-15-9-14(18)13(17)8-12(15)16/h2-5,8-9,19H,6-7H2,1H3. The van der Waals surface area contributed by atoms with Crippen LogP contribution in [0.5, 0.6) is 5.75 Å². The van der Waals surface area contributed by atoms with Crippen LogP contribution in [0, 0.1) is 12.7 Å². The van der Waals surface area contributed by atoms with Gasteiger partial charge in [-0.2, -0.15) is 0 Å². The first-order valence-corrected chi connectivity index (χ1v) is 7.31. The molecule has 0 fully saturated rings. The Morgan fingerprint density at radius 2 is 1.95 bits per heavy atom. The number of benzene rings is 2. The van der Waals surface area contributed by atoms with Gasteiger partial charge in [0.15, 0.2) is 0 Å². The minimum absolute atomic E-state index is 0.0713. The number of anilines is 1. The summed E-state index contributed by atoms with van der Waals surface area (Å²) < 4.78 is 19.5. The number of aryl methyl sites for hydroxylation is 1. The lowest BCUT2D eigenvalue weighted by molar-refractivity contribution is 0.329. The van der Waals surface area contributed by atoms with Crippen molar-refractivity contribution in [3.8, 4) is 5.75 Å². The van der Waals surface area contributed by atoms with Gasteiger partial charge < -0.3 is 10.1 Å². The molecule has 0 amide bonds.